The third-order valence-corrected chi connectivity index (χ3v) is 2.25. The lowest BCUT2D eigenvalue weighted by atomic mass is 10.1. The first-order valence-electron chi connectivity index (χ1n) is 6.25. The Labute approximate surface area is 118 Å². The van der Waals surface area contributed by atoms with Crippen molar-refractivity contribution in [2.45, 2.75) is 32.8 Å². The van der Waals surface area contributed by atoms with E-state index in [1.54, 1.807) is 32.9 Å². The topological polar surface area (TPSA) is 65.0 Å². The molecule has 0 amide bonds. The number of rotatable bonds is 5. The van der Waals surface area contributed by atoms with Gasteiger partial charge in [-0.15, -0.1) is 0 Å². The summed E-state index contributed by atoms with van der Waals surface area (Å²) in [5.74, 6) is -1.22. The smallest absolute Gasteiger partial charge is 0.364 e. The first-order valence-corrected chi connectivity index (χ1v) is 6.25. The molecule has 0 aliphatic heterocycles. The van der Waals surface area contributed by atoms with Crippen LogP contribution >= 0.6 is 0 Å². The van der Waals surface area contributed by atoms with Gasteiger partial charge in [-0.05, 0) is 26.3 Å². The first kappa shape index (κ1) is 15.9. The molecule has 1 rings (SSSR count). The third-order valence-electron chi connectivity index (χ3n) is 2.25. The zero-order valence-electron chi connectivity index (χ0n) is 12.2. The summed E-state index contributed by atoms with van der Waals surface area (Å²) in [6.07, 6.45) is 0.0717. The fraction of sp³-hybridized carbons (Fsp3) is 0.400. The summed E-state index contributed by atoms with van der Waals surface area (Å²) in [6, 6.07) is 9.10. The van der Waals surface area contributed by atoms with Crippen LogP contribution in [0.5, 0.6) is 0 Å². The van der Waals surface area contributed by atoms with Gasteiger partial charge >= 0.3 is 5.97 Å². The molecule has 0 bridgehead atoms. The van der Waals surface area contributed by atoms with E-state index in [-0.39, 0.29) is 12.1 Å². The predicted molar refractivity (Wildman–Crippen MR) is 75.4 cm³/mol. The van der Waals surface area contributed by atoms with Crippen molar-refractivity contribution in [3.63, 3.8) is 0 Å². The van der Waals surface area contributed by atoms with Crippen molar-refractivity contribution in [3.05, 3.63) is 35.9 Å². The number of ketones is 1. The minimum Gasteiger partial charge on any atom is -0.455 e. The van der Waals surface area contributed by atoms with E-state index >= 15 is 0 Å². The van der Waals surface area contributed by atoms with Gasteiger partial charge in [-0.1, -0.05) is 35.5 Å². The molecule has 0 aliphatic carbocycles. The molecular weight excluding hydrogens is 258 g/mol. The van der Waals surface area contributed by atoms with Crippen LogP contribution in [0.3, 0.4) is 0 Å². The molecule has 0 unspecified atom stereocenters. The van der Waals surface area contributed by atoms with E-state index in [9.17, 15) is 9.59 Å². The van der Waals surface area contributed by atoms with Crippen molar-refractivity contribution in [3.8, 4) is 0 Å². The molecule has 1 aromatic carbocycles. The highest BCUT2D eigenvalue weighted by Gasteiger charge is 2.27. The Hall–Kier alpha value is -2.17. The van der Waals surface area contributed by atoms with Gasteiger partial charge in [-0.2, -0.15) is 0 Å². The number of carbonyl (C=O) groups excluding carboxylic acids is 2. The van der Waals surface area contributed by atoms with Crippen molar-refractivity contribution in [1.29, 1.82) is 0 Å². The Bertz CT molecular complexity index is 500. The number of carbonyl (C=O) groups is 2. The second-order valence-corrected chi connectivity index (χ2v) is 5.21. The van der Waals surface area contributed by atoms with Gasteiger partial charge in [-0.25, -0.2) is 4.79 Å². The maximum absolute atomic E-state index is 12.1. The molecule has 20 heavy (non-hydrogen) atoms. The van der Waals surface area contributed by atoms with E-state index < -0.39 is 17.4 Å². The lowest BCUT2D eigenvalue weighted by molar-refractivity contribution is -0.146. The number of oxime groups is 1. The van der Waals surface area contributed by atoms with Crippen molar-refractivity contribution >= 4 is 17.5 Å². The largest absolute Gasteiger partial charge is 0.455 e. The van der Waals surface area contributed by atoms with E-state index in [4.69, 9.17) is 4.74 Å². The molecule has 0 saturated heterocycles. The van der Waals surface area contributed by atoms with Gasteiger partial charge in [0, 0.05) is 6.42 Å². The summed E-state index contributed by atoms with van der Waals surface area (Å²) in [5, 5.41) is 3.50. The van der Waals surface area contributed by atoms with Crippen molar-refractivity contribution in [2.75, 3.05) is 7.11 Å². The minimum absolute atomic E-state index is 0.0717. The Balaban J connectivity index is 2.84. The molecule has 108 valence electrons. The lowest BCUT2D eigenvalue weighted by Gasteiger charge is -2.19. The van der Waals surface area contributed by atoms with Crippen LogP contribution < -0.4 is 0 Å². The van der Waals surface area contributed by atoms with Gasteiger partial charge in [0.2, 0.25) is 5.71 Å². The maximum atomic E-state index is 12.1. The monoisotopic (exact) mass is 277 g/mol. The highest BCUT2D eigenvalue weighted by Crippen LogP contribution is 2.09. The zero-order valence-corrected chi connectivity index (χ0v) is 12.2. The SMILES string of the molecule is CO/N=C(/C(=O)Cc1ccccc1)C(=O)OC(C)(C)C. The van der Waals surface area contributed by atoms with Crippen molar-refractivity contribution in [2.24, 2.45) is 5.16 Å². The van der Waals surface area contributed by atoms with Gasteiger partial charge in [-0.3, -0.25) is 4.79 Å². The van der Waals surface area contributed by atoms with Gasteiger partial charge in [0.1, 0.15) is 12.7 Å². The Morgan fingerprint density at radius 3 is 2.25 bits per heavy atom. The summed E-state index contributed by atoms with van der Waals surface area (Å²) in [5.41, 5.74) is -0.227. The van der Waals surface area contributed by atoms with Crippen molar-refractivity contribution in [1.82, 2.24) is 0 Å². The number of Topliss-reactive ketones (excluding diaryl/α,β-unsaturated/α-hetero) is 1. The average Bonchev–Trinajstić information content (AvgIpc) is 2.34. The summed E-state index contributed by atoms with van der Waals surface area (Å²) in [4.78, 5) is 28.6. The standard InChI is InChI=1S/C15H19NO4/c1-15(2,3)20-14(18)13(16-19-4)12(17)10-11-8-6-5-7-9-11/h5-9H,10H2,1-4H3/b16-13-. The molecule has 0 aromatic heterocycles. The highest BCUT2D eigenvalue weighted by molar-refractivity contribution is 6.64. The molecule has 0 saturated carbocycles. The summed E-state index contributed by atoms with van der Waals surface area (Å²) < 4.78 is 5.14. The molecule has 0 radical (unpaired) electrons. The van der Waals surface area contributed by atoms with Gasteiger partial charge in [0.25, 0.3) is 0 Å². The molecule has 0 fully saturated rings. The van der Waals surface area contributed by atoms with E-state index in [2.05, 4.69) is 9.99 Å². The quantitative estimate of drug-likeness (QED) is 0.358. The molecule has 0 heterocycles. The zero-order chi connectivity index (χ0) is 15.2. The molecule has 0 N–H and O–H groups in total. The Morgan fingerprint density at radius 1 is 1.15 bits per heavy atom. The number of benzene rings is 1. The normalized spacial score (nSPS) is 11.9. The summed E-state index contributed by atoms with van der Waals surface area (Å²) >= 11 is 0. The van der Waals surface area contributed by atoms with Gasteiger partial charge in [0.05, 0.1) is 0 Å². The van der Waals surface area contributed by atoms with E-state index in [0.29, 0.717) is 0 Å². The highest BCUT2D eigenvalue weighted by atomic mass is 16.6. The van der Waals surface area contributed by atoms with Gasteiger partial charge in [0.15, 0.2) is 5.78 Å². The molecule has 0 spiro atoms. The van der Waals surface area contributed by atoms with E-state index in [1.807, 2.05) is 18.2 Å². The number of hydrogen-bond donors (Lipinski definition) is 0. The Morgan fingerprint density at radius 2 is 1.75 bits per heavy atom. The lowest BCUT2D eigenvalue weighted by Crippen LogP contribution is -2.34. The number of nitrogens with zero attached hydrogens (tertiary/aromatic N) is 1. The van der Waals surface area contributed by atoms with Crippen LogP contribution in [-0.4, -0.2) is 30.2 Å². The van der Waals surface area contributed by atoms with Gasteiger partial charge < -0.3 is 9.57 Å². The second kappa shape index (κ2) is 6.84. The van der Waals surface area contributed by atoms with Crippen LogP contribution in [0.4, 0.5) is 0 Å². The average molecular weight is 277 g/mol. The van der Waals surface area contributed by atoms with Crippen LogP contribution in [0.25, 0.3) is 0 Å². The molecule has 0 aliphatic rings. The minimum atomic E-state index is -0.778. The molecular formula is C15H19NO4. The second-order valence-electron chi connectivity index (χ2n) is 5.21. The fourth-order valence-electron chi connectivity index (χ4n) is 1.48. The molecule has 0 atom stereocenters. The number of ether oxygens (including phenoxy) is 1. The number of hydrogen-bond acceptors (Lipinski definition) is 5. The van der Waals surface area contributed by atoms with Crippen molar-refractivity contribution < 1.29 is 19.2 Å². The van der Waals surface area contributed by atoms with Crippen LogP contribution in [-0.2, 0) is 25.6 Å². The molecule has 5 heteroatoms. The number of esters is 1. The predicted octanol–water partition coefficient (Wildman–Crippen LogP) is 2.14. The van der Waals surface area contributed by atoms with Crippen LogP contribution in [0.15, 0.2) is 35.5 Å². The van der Waals surface area contributed by atoms with Crippen LogP contribution in [0.2, 0.25) is 0 Å². The van der Waals surface area contributed by atoms with Crippen LogP contribution in [0.1, 0.15) is 26.3 Å². The third kappa shape index (κ3) is 5.22. The Kier molecular flexibility index (Phi) is 5.43. The summed E-state index contributed by atoms with van der Waals surface area (Å²) in [7, 11) is 1.28. The van der Waals surface area contributed by atoms with E-state index in [1.165, 1.54) is 7.11 Å². The maximum Gasteiger partial charge on any atom is 0.364 e. The van der Waals surface area contributed by atoms with E-state index in [0.717, 1.165) is 5.56 Å². The fourth-order valence-corrected chi connectivity index (χ4v) is 1.48. The van der Waals surface area contributed by atoms with Crippen LogP contribution in [0, 0.1) is 0 Å². The first-order chi connectivity index (χ1) is 9.33. The molecule has 1 aromatic rings. The molecule has 5 nitrogen and oxygen atoms in total. The summed E-state index contributed by atoms with van der Waals surface area (Å²) in [6.45, 7) is 5.16.